The lowest BCUT2D eigenvalue weighted by Gasteiger charge is -2.12. The van der Waals surface area contributed by atoms with Crippen LogP contribution in [0.2, 0.25) is 0 Å². The summed E-state index contributed by atoms with van der Waals surface area (Å²) in [7, 11) is 0. The van der Waals surface area contributed by atoms with Gasteiger partial charge in [-0.05, 0) is 43.9 Å². The highest BCUT2D eigenvalue weighted by Crippen LogP contribution is 2.26. The van der Waals surface area contributed by atoms with Crippen LogP contribution in [0.1, 0.15) is 36.7 Å². The normalized spacial score (nSPS) is 11.2. The number of hydrogen-bond acceptors (Lipinski definition) is 6. The standard InChI is InChI=1S/C17H22N6S/c1-5-6-7-13-9-18-17(22-24-4)19-15(13)14-8-11(2)16-21-20-12(3)23(16)10-14/h8-10H,5-7H2,1-4H3,(H,18,19,22). The molecule has 0 amide bonds. The summed E-state index contributed by atoms with van der Waals surface area (Å²) in [5.74, 6) is 1.51. The lowest BCUT2D eigenvalue weighted by molar-refractivity contribution is 0.790. The van der Waals surface area contributed by atoms with Gasteiger partial charge in [-0.2, -0.15) is 0 Å². The Labute approximate surface area is 146 Å². The van der Waals surface area contributed by atoms with Crippen molar-refractivity contribution in [3.05, 3.63) is 35.4 Å². The number of nitrogens with zero attached hydrogens (tertiary/aromatic N) is 5. The van der Waals surface area contributed by atoms with Crippen molar-refractivity contribution in [2.45, 2.75) is 40.0 Å². The van der Waals surface area contributed by atoms with Crippen molar-refractivity contribution in [2.75, 3.05) is 11.0 Å². The zero-order chi connectivity index (χ0) is 17.1. The molecule has 0 atom stereocenters. The molecule has 3 aromatic rings. The Balaban J connectivity index is 2.15. The monoisotopic (exact) mass is 342 g/mol. The van der Waals surface area contributed by atoms with Gasteiger partial charge in [-0.25, -0.2) is 9.97 Å². The van der Waals surface area contributed by atoms with Crippen LogP contribution in [0.4, 0.5) is 5.95 Å². The average Bonchev–Trinajstić information content (AvgIpc) is 2.96. The van der Waals surface area contributed by atoms with Crippen molar-refractivity contribution in [2.24, 2.45) is 0 Å². The van der Waals surface area contributed by atoms with Crippen LogP contribution in [0.25, 0.3) is 16.9 Å². The van der Waals surface area contributed by atoms with Gasteiger partial charge in [0, 0.05) is 24.2 Å². The molecule has 0 unspecified atom stereocenters. The Morgan fingerprint density at radius 3 is 2.83 bits per heavy atom. The molecule has 7 heteroatoms. The van der Waals surface area contributed by atoms with Gasteiger partial charge in [-0.15, -0.1) is 10.2 Å². The van der Waals surface area contributed by atoms with E-state index in [1.807, 2.05) is 23.8 Å². The maximum Gasteiger partial charge on any atom is 0.233 e. The molecule has 1 N–H and O–H groups in total. The summed E-state index contributed by atoms with van der Waals surface area (Å²) in [6.45, 7) is 6.21. The fourth-order valence-corrected chi connectivity index (χ4v) is 3.02. The summed E-state index contributed by atoms with van der Waals surface area (Å²) in [6, 6.07) is 2.13. The van der Waals surface area contributed by atoms with Crippen molar-refractivity contribution in [3.63, 3.8) is 0 Å². The number of pyridine rings is 1. The summed E-state index contributed by atoms with van der Waals surface area (Å²) in [6.07, 6.45) is 9.22. The van der Waals surface area contributed by atoms with E-state index in [2.05, 4.69) is 46.0 Å². The van der Waals surface area contributed by atoms with Gasteiger partial charge < -0.3 is 0 Å². The molecule has 0 bridgehead atoms. The quantitative estimate of drug-likeness (QED) is 0.687. The zero-order valence-corrected chi connectivity index (χ0v) is 15.3. The predicted molar refractivity (Wildman–Crippen MR) is 99.2 cm³/mol. The van der Waals surface area contributed by atoms with Crippen LogP contribution in [0.5, 0.6) is 0 Å². The van der Waals surface area contributed by atoms with Crippen molar-refractivity contribution in [1.29, 1.82) is 0 Å². The number of anilines is 1. The molecule has 3 rings (SSSR count). The highest BCUT2D eigenvalue weighted by atomic mass is 32.2. The third-order valence-corrected chi connectivity index (χ3v) is 4.38. The SMILES string of the molecule is CCCCc1cnc(NSC)nc1-c1cc(C)c2nnc(C)n2c1. The van der Waals surface area contributed by atoms with E-state index in [9.17, 15) is 0 Å². The molecule has 24 heavy (non-hydrogen) atoms. The predicted octanol–water partition coefficient (Wildman–Crippen LogP) is 3.84. The molecule has 126 valence electrons. The molecule has 0 saturated heterocycles. The first-order valence-corrected chi connectivity index (χ1v) is 9.33. The summed E-state index contributed by atoms with van der Waals surface area (Å²) in [5.41, 5.74) is 5.21. The number of aromatic nitrogens is 5. The smallest absolute Gasteiger partial charge is 0.233 e. The van der Waals surface area contributed by atoms with E-state index in [4.69, 9.17) is 4.98 Å². The summed E-state index contributed by atoms with van der Waals surface area (Å²) < 4.78 is 5.15. The molecule has 0 radical (unpaired) electrons. The molecule has 0 fully saturated rings. The number of aryl methyl sites for hydroxylation is 3. The van der Waals surface area contributed by atoms with Gasteiger partial charge in [0.15, 0.2) is 5.65 Å². The number of fused-ring (bicyclic) bond motifs is 1. The lowest BCUT2D eigenvalue weighted by Crippen LogP contribution is -2.02. The first-order chi connectivity index (χ1) is 11.6. The molecule has 0 spiro atoms. The minimum atomic E-state index is 0.635. The first kappa shape index (κ1) is 16.7. The largest absolute Gasteiger partial charge is 0.298 e. The van der Waals surface area contributed by atoms with Crippen LogP contribution in [-0.2, 0) is 6.42 Å². The van der Waals surface area contributed by atoms with Crippen LogP contribution in [0.3, 0.4) is 0 Å². The van der Waals surface area contributed by atoms with Gasteiger partial charge in [0.25, 0.3) is 0 Å². The van der Waals surface area contributed by atoms with Crippen molar-refractivity contribution in [3.8, 4) is 11.3 Å². The minimum absolute atomic E-state index is 0.635. The average molecular weight is 342 g/mol. The van der Waals surface area contributed by atoms with Crippen molar-refractivity contribution in [1.82, 2.24) is 24.6 Å². The number of hydrogen-bond donors (Lipinski definition) is 1. The van der Waals surface area contributed by atoms with E-state index in [1.165, 1.54) is 17.5 Å². The van der Waals surface area contributed by atoms with Gasteiger partial charge in [0.2, 0.25) is 5.95 Å². The molecule has 3 aromatic heterocycles. The van der Waals surface area contributed by atoms with Gasteiger partial charge >= 0.3 is 0 Å². The van der Waals surface area contributed by atoms with E-state index in [0.29, 0.717) is 5.95 Å². The van der Waals surface area contributed by atoms with Gasteiger partial charge in [0.1, 0.15) is 5.82 Å². The highest BCUT2D eigenvalue weighted by Gasteiger charge is 2.13. The molecular formula is C17H22N6S. The molecule has 6 nitrogen and oxygen atoms in total. The highest BCUT2D eigenvalue weighted by molar-refractivity contribution is 7.99. The third-order valence-electron chi connectivity index (χ3n) is 3.99. The molecule has 0 aromatic carbocycles. The maximum atomic E-state index is 4.75. The van der Waals surface area contributed by atoms with Crippen LogP contribution in [-0.4, -0.2) is 30.8 Å². The molecule has 3 heterocycles. The molecule has 0 aliphatic rings. The second kappa shape index (κ2) is 7.17. The van der Waals surface area contributed by atoms with Gasteiger partial charge in [0.05, 0.1) is 5.69 Å². The molecule has 0 saturated carbocycles. The second-order valence-corrected chi connectivity index (χ2v) is 6.44. The second-order valence-electron chi connectivity index (χ2n) is 5.83. The van der Waals surface area contributed by atoms with Crippen LogP contribution in [0, 0.1) is 13.8 Å². The maximum absolute atomic E-state index is 4.75. The van der Waals surface area contributed by atoms with Crippen molar-refractivity contribution < 1.29 is 0 Å². The van der Waals surface area contributed by atoms with E-state index < -0.39 is 0 Å². The Morgan fingerprint density at radius 1 is 1.25 bits per heavy atom. The van der Waals surface area contributed by atoms with Gasteiger partial charge in [-0.1, -0.05) is 25.3 Å². The fourth-order valence-electron chi connectivity index (χ4n) is 2.74. The van der Waals surface area contributed by atoms with E-state index in [1.54, 1.807) is 0 Å². The van der Waals surface area contributed by atoms with E-state index in [0.717, 1.165) is 47.6 Å². The summed E-state index contributed by atoms with van der Waals surface area (Å²) >= 11 is 1.49. The zero-order valence-electron chi connectivity index (χ0n) is 14.5. The fraction of sp³-hybridized carbons (Fsp3) is 0.412. The number of unbranched alkanes of at least 4 members (excludes halogenated alkanes) is 1. The minimum Gasteiger partial charge on any atom is -0.298 e. The van der Waals surface area contributed by atoms with E-state index >= 15 is 0 Å². The van der Waals surface area contributed by atoms with Crippen LogP contribution < -0.4 is 4.72 Å². The molecular weight excluding hydrogens is 320 g/mol. The number of rotatable bonds is 6. The molecule has 0 aliphatic carbocycles. The Hall–Kier alpha value is -2.15. The Bertz CT molecular complexity index is 858. The number of nitrogens with one attached hydrogen (secondary N) is 1. The van der Waals surface area contributed by atoms with Crippen LogP contribution in [0.15, 0.2) is 18.5 Å². The van der Waals surface area contributed by atoms with E-state index in [-0.39, 0.29) is 0 Å². The summed E-state index contributed by atoms with van der Waals surface area (Å²) in [5, 5.41) is 8.41. The first-order valence-electron chi connectivity index (χ1n) is 8.11. The Morgan fingerprint density at radius 2 is 2.08 bits per heavy atom. The third kappa shape index (κ3) is 3.21. The van der Waals surface area contributed by atoms with Gasteiger partial charge in [-0.3, -0.25) is 9.12 Å². The molecule has 0 aliphatic heterocycles. The summed E-state index contributed by atoms with van der Waals surface area (Å²) in [4.78, 5) is 9.18. The van der Waals surface area contributed by atoms with Crippen LogP contribution >= 0.6 is 11.9 Å². The topological polar surface area (TPSA) is 68.0 Å². The Kier molecular flexibility index (Phi) is 4.99. The lowest BCUT2D eigenvalue weighted by atomic mass is 10.0. The van der Waals surface area contributed by atoms with Crippen molar-refractivity contribution >= 4 is 23.5 Å².